The summed E-state index contributed by atoms with van der Waals surface area (Å²) < 4.78 is 40.6. The van der Waals surface area contributed by atoms with Crippen LogP contribution in [0.3, 0.4) is 0 Å². The van der Waals surface area contributed by atoms with Crippen LogP contribution in [0.15, 0.2) is 0 Å². The zero-order valence-corrected chi connectivity index (χ0v) is 4.48. The highest BCUT2D eigenvalue weighted by molar-refractivity contribution is 7.33. The molecule has 0 saturated carbocycles. The number of hydrogen-bond acceptors (Lipinski definition) is 3. The molecule has 2 atom stereocenters. The van der Waals surface area contributed by atoms with Crippen molar-refractivity contribution in [2.75, 3.05) is 0 Å². The molecule has 3 nitrogen and oxygen atoms in total. The van der Waals surface area contributed by atoms with Gasteiger partial charge in [-0.05, 0) is 0 Å². The molecule has 6 heteroatoms. The van der Waals surface area contributed by atoms with Crippen LogP contribution in [-0.4, -0.2) is 12.7 Å². The van der Waals surface area contributed by atoms with Gasteiger partial charge >= 0.3 is 21.0 Å². The lowest BCUT2D eigenvalue weighted by atomic mass is 10.7. The molecule has 0 aliphatic carbocycles. The molecule has 0 aromatic heterocycles. The van der Waals surface area contributed by atoms with E-state index < -0.39 is 21.0 Å². The van der Waals surface area contributed by atoms with Gasteiger partial charge in [-0.25, -0.2) is 8.78 Å². The largest absolute Gasteiger partial charge is 0.703 e. The molecular weight excluding hydrogens is 141 g/mol. The standard InChI is InChI=1S/C2H2F2O3P/c3-1-2(4)7-8(5)6-1/h1-2H/q+1. The summed E-state index contributed by atoms with van der Waals surface area (Å²) in [5, 5.41) is 0. The van der Waals surface area contributed by atoms with Crippen molar-refractivity contribution >= 4 is 8.25 Å². The second kappa shape index (κ2) is 2.01. The molecule has 0 aromatic carbocycles. The van der Waals surface area contributed by atoms with Gasteiger partial charge in [0.05, 0.1) is 0 Å². The molecule has 8 heavy (non-hydrogen) atoms. The number of hydrogen-bond donors (Lipinski definition) is 0. The number of halogens is 2. The topological polar surface area (TPSA) is 35.5 Å². The Morgan fingerprint density at radius 2 is 1.62 bits per heavy atom. The quantitative estimate of drug-likeness (QED) is 0.479. The van der Waals surface area contributed by atoms with Crippen molar-refractivity contribution < 1.29 is 22.4 Å². The zero-order chi connectivity index (χ0) is 6.15. The Bertz CT molecular complexity index is 106. The lowest BCUT2D eigenvalue weighted by Gasteiger charge is -1.85. The summed E-state index contributed by atoms with van der Waals surface area (Å²) in [6.07, 6.45) is -4.36. The SMILES string of the molecule is O=[P+]1OC(F)C(F)O1. The molecule has 0 bridgehead atoms. The van der Waals surface area contributed by atoms with Gasteiger partial charge in [-0.1, -0.05) is 9.05 Å². The maximum atomic E-state index is 11.7. The van der Waals surface area contributed by atoms with Crippen molar-refractivity contribution in [1.82, 2.24) is 0 Å². The Morgan fingerprint density at radius 3 is 1.75 bits per heavy atom. The summed E-state index contributed by atoms with van der Waals surface area (Å²) in [7, 11) is -2.54. The maximum Gasteiger partial charge on any atom is 0.703 e. The summed E-state index contributed by atoms with van der Waals surface area (Å²) in [6, 6.07) is 0. The minimum atomic E-state index is -2.54. The fraction of sp³-hybridized carbons (Fsp3) is 1.00. The second-order valence-electron chi connectivity index (χ2n) is 1.14. The summed E-state index contributed by atoms with van der Waals surface area (Å²) in [4.78, 5) is 0. The highest BCUT2D eigenvalue weighted by Gasteiger charge is 2.48. The lowest BCUT2D eigenvalue weighted by Crippen LogP contribution is -2.09. The maximum absolute atomic E-state index is 11.7. The van der Waals surface area contributed by atoms with Gasteiger partial charge in [0.2, 0.25) is 0 Å². The zero-order valence-electron chi connectivity index (χ0n) is 3.58. The first kappa shape index (κ1) is 6.01. The van der Waals surface area contributed by atoms with Crippen molar-refractivity contribution in [2.45, 2.75) is 12.7 Å². The third kappa shape index (κ3) is 0.992. The summed E-state index contributed by atoms with van der Waals surface area (Å²) in [6.45, 7) is 0. The third-order valence-corrected chi connectivity index (χ3v) is 1.33. The Kier molecular flexibility index (Phi) is 1.51. The fourth-order valence-electron chi connectivity index (χ4n) is 0.285. The first-order chi connectivity index (χ1) is 3.70. The van der Waals surface area contributed by atoms with Crippen LogP contribution in [0.25, 0.3) is 0 Å². The van der Waals surface area contributed by atoms with Gasteiger partial charge in [-0.2, -0.15) is 0 Å². The molecule has 46 valence electrons. The van der Waals surface area contributed by atoms with Gasteiger partial charge in [0.15, 0.2) is 0 Å². The van der Waals surface area contributed by atoms with Crippen LogP contribution >= 0.6 is 8.25 Å². The highest BCUT2D eigenvalue weighted by atomic mass is 31.1. The molecule has 1 aliphatic rings. The molecule has 1 aliphatic heterocycles. The Labute approximate surface area is 44.5 Å². The molecule has 0 spiro atoms. The summed E-state index contributed by atoms with van der Waals surface area (Å²) in [5.74, 6) is 0. The van der Waals surface area contributed by atoms with Crippen LogP contribution in [0.2, 0.25) is 0 Å². The van der Waals surface area contributed by atoms with Gasteiger partial charge in [0.25, 0.3) is 0 Å². The Morgan fingerprint density at radius 1 is 1.25 bits per heavy atom. The van der Waals surface area contributed by atoms with E-state index in [0.29, 0.717) is 0 Å². The molecule has 0 radical (unpaired) electrons. The third-order valence-electron chi connectivity index (χ3n) is 0.580. The van der Waals surface area contributed by atoms with Gasteiger partial charge in [0, 0.05) is 4.57 Å². The van der Waals surface area contributed by atoms with Crippen LogP contribution in [0, 0.1) is 0 Å². The number of rotatable bonds is 0. The van der Waals surface area contributed by atoms with E-state index in [4.69, 9.17) is 0 Å². The summed E-state index contributed by atoms with van der Waals surface area (Å²) >= 11 is 0. The predicted molar refractivity (Wildman–Crippen MR) is 19.6 cm³/mol. The van der Waals surface area contributed by atoms with E-state index in [-0.39, 0.29) is 0 Å². The normalized spacial score (nSPS) is 43.0. The monoisotopic (exact) mass is 143 g/mol. The van der Waals surface area contributed by atoms with E-state index in [1.807, 2.05) is 0 Å². The molecule has 0 amide bonds. The van der Waals surface area contributed by atoms with Crippen LogP contribution in [0.1, 0.15) is 0 Å². The van der Waals surface area contributed by atoms with E-state index in [0.717, 1.165) is 0 Å². The molecule has 1 rings (SSSR count). The van der Waals surface area contributed by atoms with E-state index in [1.165, 1.54) is 0 Å². The summed E-state index contributed by atoms with van der Waals surface area (Å²) in [5.41, 5.74) is 0. The minimum absolute atomic E-state index is 2.18. The lowest BCUT2D eigenvalue weighted by molar-refractivity contribution is -0.0349. The average Bonchev–Trinajstić information content (AvgIpc) is 1.85. The Balaban J connectivity index is 2.51. The molecule has 1 fully saturated rings. The van der Waals surface area contributed by atoms with E-state index in [1.54, 1.807) is 0 Å². The van der Waals surface area contributed by atoms with Crippen molar-refractivity contribution in [1.29, 1.82) is 0 Å². The highest BCUT2D eigenvalue weighted by Crippen LogP contribution is 2.38. The van der Waals surface area contributed by atoms with E-state index in [9.17, 15) is 13.3 Å². The first-order valence-electron chi connectivity index (χ1n) is 1.79. The predicted octanol–water partition coefficient (Wildman–Crippen LogP) is 1.28. The minimum Gasteiger partial charge on any atom is -0.204 e. The van der Waals surface area contributed by atoms with Crippen LogP contribution in [-0.2, 0) is 13.6 Å². The fourth-order valence-corrected chi connectivity index (χ4v) is 0.855. The van der Waals surface area contributed by atoms with Crippen LogP contribution < -0.4 is 0 Å². The second-order valence-corrected chi connectivity index (χ2v) is 2.01. The van der Waals surface area contributed by atoms with Gasteiger partial charge in [0.1, 0.15) is 0 Å². The molecule has 0 N–H and O–H groups in total. The molecule has 0 aromatic rings. The van der Waals surface area contributed by atoms with E-state index in [2.05, 4.69) is 9.05 Å². The van der Waals surface area contributed by atoms with Crippen LogP contribution in [0.4, 0.5) is 8.78 Å². The molecule has 2 unspecified atom stereocenters. The average molecular weight is 143 g/mol. The van der Waals surface area contributed by atoms with Crippen molar-refractivity contribution in [3.8, 4) is 0 Å². The number of alkyl halides is 2. The molecule has 1 heterocycles. The smallest absolute Gasteiger partial charge is 0.204 e. The van der Waals surface area contributed by atoms with Gasteiger partial charge in [-0.15, -0.1) is 0 Å². The molecular formula is C2H2F2O3P+. The van der Waals surface area contributed by atoms with Gasteiger partial charge in [-0.3, -0.25) is 0 Å². The molecule has 1 saturated heterocycles. The van der Waals surface area contributed by atoms with Crippen molar-refractivity contribution in [3.05, 3.63) is 0 Å². The van der Waals surface area contributed by atoms with Crippen molar-refractivity contribution in [3.63, 3.8) is 0 Å². The van der Waals surface area contributed by atoms with Gasteiger partial charge < -0.3 is 0 Å². The van der Waals surface area contributed by atoms with E-state index >= 15 is 0 Å². The van der Waals surface area contributed by atoms with Crippen molar-refractivity contribution in [2.24, 2.45) is 0 Å². The van der Waals surface area contributed by atoms with Crippen LogP contribution in [0.5, 0.6) is 0 Å². The Hall–Kier alpha value is -0.120. The first-order valence-corrected chi connectivity index (χ1v) is 2.88.